The first-order valence-electron chi connectivity index (χ1n) is 21.8. The maximum absolute atomic E-state index is 5.22. The summed E-state index contributed by atoms with van der Waals surface area (Å²) in [6.45, 7) is 4.76. The fourth-order valence-corrected chi connectivity index (χ4v) is 12.5. The zero-order valence-electron chi connectivity index (χ0n) is 35.0. The smallest absolute Gasteiger partial charge is 0.124 e. The first-order valence-corrected chi connectivity index (χ1v) is 23.5. The molecule has 4 heterocycles. The normalized spacial score (nSPS) is 14.5. The molecule has 0 atom stereocenters. The average molecular weight is 844 g/mol. The Labute approximate surface area is 374 Å². The van der Waals surface area contributed by atoms with Crippen LogP contribution in [-0.4, -0.2) is 9.55 Å². The van der Waals surface area contributed by atoms with Crippen LogP contribution in [0.2, 0.25) is 0 Å². The lowest BCUT2D eigenvalue weighted by Crippen LogP contribution is -2.32. The molecule has 11 aromatic rings. The van der Waals surface area contributed by atoms with Gasteiger partial charge in [0.05, 0.1) is 32.6 Å². The number of rotatable bonds is 5. The van der Waals surface area contributed by atoms with Gasteiger partial charge in [-0.05, 0) is 125 Å². The SMILES string of the molecule is CC1(C)c2ccccc2N(C2=CCCC=C2)c2ccc(-c3ccc4c(c3)c3ccc5nc(-c6ccccc6)sc5c3n4-c3cccc(-c4ccc5sc6ccccc6c5c4)c3)cc21. The van der Waals surface area contributed by atoms with Crippen molar-refractivity contribution >= 4 is 86.2 Å². The van der Waals surface area contributed by atoms with Crippen LogP contribution in [0, 0.1) is 0 Å². The molecule has 1 aliphatic heterocycles. The fourth-order valence-electron chi connectivity index (χ4n) is 10.3. The summed E-state index contributed by atoms with van der Waals surface area (Å²) in [6, 6.07) is 63.1. The number of aromatic nitrogens is 2. The molecule has 0 radical (unpaired) electrons. The predicted octanol–water partition coefficient (Wildman–Crippen LogP) is 16.8. The van der Waals surface area contributed by atoms with Crippen molar-refractivity contribution in [1.82, 2.24) is 9.55 Å². The average Bonchev–Trinajstić information content (AvgIpc) is 4.04. The Bertz CT molecular complexity index is 3730. The Morgan fingerprint density at radius 2 is 1.25 bits per heavy atom. The minimum atomic E-state index is -0.183. The van der Waals surface area contributed by atoms with E-state index in [-0.39, 0.29) is 5.41 Å². The van der Waals surface area contributed by atoms with E-state index in [4.69, 9.17) is 4.98 Å². The molecule has 63 heavy (non-hydrogen) atoms. The van der Waals surface area contributed by atoms with E-state index in [0.717, 1.165) is 34.6 Å². The molecule has 0 fully saturated rings. The third-order valence-corrected chi connectivity index (χ3v) is 15.7. The van der Waals surface area contributed by atoms with Gasteiger partial charge in [0.2, 0.25) is 0 Å². The van der Waals surface area contributed by atoms with Gasteiger partial charge in [0.25, 0.3) is 0 Å². The Balaban J connectivity index is 1.00. The van der Waals surface area contributed by atoms with Gasteiger partial charge in [-0.3, -0.25) is 0 Å². The Morgan fingerprint density at radius 3 is 2.14 bits per heavy atom. The number of benzene rings is 8. The molecule has 0 saturated heterocycles. The molecule has 300 valence electrons. The molecule has 0 unspecified atom stereocenters. The number of allylic oxidation sites excluding steroid dienone is 3. The van der Waals surface area contributed by atoms with E-state index in [1.165, 1.54) is 97.1 Å². The number of hydrogen-bond donors (Lipinski definition) is 0. The lowest BCUT2D eigenvalue weighted by molar-refractivity contribution is 0.630. The predicted molar refractivity (Wildman–Crippen MR) is 270 cm³/mol. The van der Waals surface area contributed by atoms with Crippen LogP contribution in [0.1, 0.15) is 37.8 Å². The van der Waals surface area contributed by atoms with Gasteiger partial charge in [-0.15, -0.1) is 22.7 Å². The van der Waals surface area contributed by atoms with Crippen molar-refractivity contribution in [3.05, 3.63) is 205 Å². The molecule has 0 spiro atoms. The highest BCUT2D eigenvalue weighted by Crippen LogP contribution is 2.52. The molecule has 0 amide bonds. The standard InChI is InChI=1S/C58H41N3S2/c1-58(2)47-21-10-11-22-51(47)60(41-17-7-4-8-18-41)52-30-25-40(35-48(52)58)38-24-29-50-45(33-38)44-27-28-49-56(63-57(59-49)36-14-5-3-6-15-36)55(44)61(50)42-19-13-16-37(32-42)39-26-31-54-46(34-39)43-20-9-12-23-53(43)62-54/h3,5-7,9-35H,4,8H2,1-2H3. The van der Waals surface area contributed by atoms with Gasteiger partial charge < -0.3 is 9.47 Å². The molecular weight excluding hydrogens is 803 g/mol. The van der Waals surface area contributed by atoms with Crippen molar-refractivity contribution in [2.75, 3.05) is 4.90 Å². The van der Waals surface area contributed by atoms with Crippen LogP contribution in [-0.2, 0) is 5.41 Å². The molecular formula is C58H41N3S2. The van der Waals surface area contributed by atoms with Crippen LogP contribution in [0.3, 0.4) is 0 Å². The first kappa shape index (κ1) is 36.6. The molecule has 0 N–H and O–H groups in total. The Hall–Kier alpha value is -7.05. The topological polar surface area (TPSA) is 21.1 Å². The van der Waals surface area contributed by atoms with Crippen LogP contribution < -0.4 is 4.90 Å². The van der Waals surface area contributed by atoms with Gasteiger partial charge in [0.15, 0.2) is 0 Å². The summed E-state index contributed by atoms with van der Waals surface area (Å²) < 4.78 is 6.33. The lowest BCUT2D eigenvalue weighted by Gasteiger charge is -2.43. The van der Waals surface area contributed by atoms with Crippen LogP contribution in [0.4, 0.5) is 11.4 Å². The second-order valence-electron chi connectivity index (χ2n) is 17.4. The van der Waals surface area contributed by atoms with Crippen molar-refractivity contribution in [3.8, 4) is 38.5 Å². The Kier molecular flexibility index (Phi) is 8.12. The highest BCUT2D eigenvalue weighted by Gasteiger charge is 2.37. The minimum Gasteiger partial charge on any atom is -0.310 e. The number of anilines is 2. The Morgan fingerprint density at radius 1 is 0.524 bits per heavy atom. The third kappa shape index (κ3) is 5.66. The summed E-state index contributed by atoms with van der Waals surface area (Å²) >= 11 is 3.65. The number of thiophene rings is 1. The van der Waals surface area contributed by atoms with Crippen molar-refractivity contribution in [1.29, 1.82) is 0 Å². The zero-order chi connectivity index (χ0) is 41.8. The van der Waals surface area contributed by atoms with Gasteiger partial charge in [0.1, 0.15) is 5.01 Å². The van der Waals surface area contributed by atoms with Gasteiger partial charge in [0, 0.05) is 53.3 Å². The molecule has 5 heteroatoms. The third-order valence-electron chi connectivity index (χ3n) is 13.4. The summed E-state index contributed by atoms with van der Waals surface area (Å²) in [6.07, 6.45) is 9.14. The number of thiazole rings is 1. The van der Waals surface area contributed by atoms with E-state index in [9.17, 15) is 0 Å². The summed E-state index contributed by atoms with van der Waals surface area (Å²) in [4.78, 5) is 7.70. The largest absolute Gasteiger partial charge is 0.310 e. The first-order chi connectivity index (χ1) is 31.0. The molecule has 0 bridgehead atoms. The van der Waals surface area contributed by atoms with Crippen LogP contribution in [0.25, 0.3) is 90.7 Å². The van der Waals surface area contributed by atoms with E-state index >= 15 is 0 Å². The van der Waals surface area contributed by atoms with Gasteiger partial charge in [-0.1, -0.05) is 123 Å². The maximum atomic E-state index is 5.22. The van der Waals surface area contributed by atoms with Crippen LogP contribution >= 0.6 is 22.7 Å². The van der Waals surface area contributed by atoms with Crippen molar-refractivity contribution in [3.63, 3.8) is 0 Å². The summed E-state index contributed by atoms with van der Waals surface area (Å²) in [7, 11) is 0. The van der Waals surface area contributed by atoms with E-state index in [0.29, 0.717) is 0 Å². The van der Waals surface area contributed by atoms with Crippen LogP contribution in [0.5, 0.6) is 0 Å². The van der Waals surface area contributed by atoms with Crippen molar-refractivity contribution in [2.45, 2.75) is 32.1 Å². The number of nitrogens with zero attached hydrogens (tertiary/aromatic N) is 3. The highest BCUT2D eigenvalue weighted by atomic mass is 32.1. The summed E-state index contributed by atoms with van der Waals surface area (Å²) in [5.41, 5.74) is 16.8. The molecule has 0 saturated carbocycles. The maximum Gasteiger partial charge on any atom is 0.124 e. The monoisotopic (exact) mass is 843 g/mol. The number of hydrogen-bond acceptors (Lipinski definition) is 4. The number of fused-ring (bicyclic) bond motifs is 10. The van der Waals surface area contributed by atoms with Gasteiger partial charge in [-0.2, -0.15) is 0 Å². The van der Waals surface area contributed by atoms with Crippen molar-refractivity contribution < 1.29 is 0 Å². The van der Waals surface area contributed by atoms with Gasteiger partial charge >= 0.3 is 0 Å². The lowest BCUT2D eigenvalue weighted by atomic mass is 9.72. The van der Waals surface area contributed by atoms with Gasteiger partial charge in [-0.25, -0.2) is 4.98 Å². The van der Waals surface area contributed by atoms with E-state index < -0.39 is 0 Å². The molecule has 3 nitrogen and oxygen atoms in total. The van der Waals surface area contributed by atoms with E-state index in [1.807, 2.05) is 11.3 Å². The molecule has 8 aromatic carbocycles. The minimum absolute atomic E-state index is 0.183. The summed E-state index contributed by atoms with van der Waals surface area (Å²) in [5.74, 6) is 0. The highest BCUT2D eigenvalue weighted by molar-refractivity contribution is 7.25. The molecule has 3 aromatic heterocycles. The fraction of sp³-hybridized carbons (Fsp3) is 0.0862. The van der Waals surface area contributed by atoms with Crippen LogP contribution in [0.15, 0.2) is 194 Å². The van der Waals surface area contributed by atoms with E-state index in [2.05, 4.69) is 211 Å². The van der Waals surface area contributed by atoms with Crippen molar-refractivity contribution in [2.24, 2.45) is 0 Å². The molecule has 1 aliphatic carbocycles. The summed E-state index contributed by atoms with van der Waals surface area (Å²) in [5, 5.41) is 6.13. The van der Waals surface area contributed by atoms with E-state index in [1.54, 1.807) is 11.3 Å². The quantitative estimate of drug-likeness (QED) is 0.172. The molecule has 13 rings (SSSR count). The number of para-hydroxylation sites is 1. The molecule has 2 aliphatic rings. The second-order valence-corrected chi connectivity index (χ2v) is 19.5. The zero-order valence-corrected chi connectivity index (χ0v) is 36.6. The second kappa shape index (κ2) is 14.0.